The van der Waals surface area contributed by atoms with Crippen molar-refractivity contribution in [3.8, 4) is 5.69 Å². The van der Waals surface area contributed by atoms with Gasteiger partial charge in [0.1, 0.15) is 0 Å². The number of aryl methyl sites for hydroxylation is 1. The van der Waals surface area contributed by atoms with E-state index in [4.69, 9.17) is 23.2 Å². The first kappa shape index (κ1) is 19.7. The van der Waals surface area contributed by atoms with E-state index in [1.165, 1.54) is 11.8 Å². The van der Waals surface area contributed by atoms with Crippen molar-refractivity contribution in [2.45, 2.75) is 31.2 Å². The molecule has 0 saturated carbocycles. The number of thioether (sulfide) groups is 1. The highest BCUT2D eigenvalue weighted by molar-refractivity contribution is 8.00. The van der Waals surface area contributed by atoms with Crippen LogP contribution in [0.4, 0.5) is 5.69 Å². The average Bonchev–Trinajstić information content (AvgIpc) is 3.09. The zero-order valence-electron chi connectivity index (χ0n) is 14.9. The second kappa shape index (κ2) is 8.29. The molecule has 3 aromatic rings. The first-order chi connectivity index (χ1) is 12.9. The molecule has 0 spiro atoms. The summed E-state index contributed by atoms with van der Waals surface area (Å²) >= 11 is 13.4. The van der Waals surface area contributed by atoms with Gasteiger partial charge in [-0.25, -0.2) is 0 Å². The Bertz CT molecular complexity index is 992. The molecule has 0 fully saturated rings. The summed E-state index contributed by atoms with van der Waals surface area (Å²) in [7, 11) is 0. The second-order valence-electron chi connectivity index (χ2n) is 5.94. The molecule has 0 saturated heterocycles. The van der Waals surface area contributed by atoms with Crippen LogP contribution in [0.1, 0.15) is 18.1 Å². The highest BCUT2D eigenvalue weighted by atomic mass is 35.5. The Kier molecular flexibility index (Phi) is 6.04. The maximum absolute atomic E-state index is 12.6. The number of nitrogens with zero attached hydrogens (tertiary/aromatic N) is 4. The van der Waals surface area contributed by atoms with Crippen LogP contribution in [0.3, 0.4) is 0 Å². The molecule has 0 aliphatic carbocycles. The van der Waals surface area contributed by atoms with Gasteiger partial charge >= 0.3 is 0 Å². The smallest absolute Gasteiger partial charge is 0.237 e. The summed E-state index contributed by atoms with van der Waals surface area (Å²) in [6.45, 7) is 5.82. The van der Waals surface area contributed by atoms with Gasteiger partial charge in [0.2, 0.25) is 11.1 Å². The normalized spacial score (nSPS) is 12.0. The number of tetrazole rings is 1. The molecule has 1 unspecified atom stereocenters. The Balaban J connectivity index is 1.78. The van der Waals surface area contributed by atoms with Gasteiger partial charge in [-0.3, -0.25) is 4.79 Å². The zero-order valence-corrected chi connectivity index (χ0v) is 17.2. The highest BCUT2D eigenvalue weighted by Gasteiger charge is 2.21. The van der Waals surface area contributed by atoms with Gasteiger partial charge in [0.25, 0.3) is 0 Å². The monoisotopic (exact) mass is 421 g/mol. The van der Waals surface area contributed by atoms with E-state index in [0.717, 1.165) is 16.8 Å². The van der Waals surface area contributed by atoms with Gasteiger partial charge in [-0.05, 0) is 60.5 Å². The number of hydrogen-bond acceptors (Lipinski definition) is 5. The van der Waals surface area contributed by atoms with Crippen molar-refractivity contribution >= 4 is 46.6 Å². The van der Waals surface area contributed by atoms with Crippen LogP contribution in [0.25, 0.3) is 5.69 Å². The predicted molar refractivity (Wildman–Crippen MR) is 109 cm³/mol. The van der Waals surface area contributed by atoms with Gasteiger partial charge in [-0.15, -0.1) is 5.10 Å². The SMILES string of the molecule is Cc1cccc(-n2nnnc2SC(C)C(=O)Nc2cccc(Cl)c2Cl)c1C. The minimum atomic E-state index is -0.449. The van der Waals surface area contributed by atoms with Crippen molar-refractivity contribution in [1.82, 2.24) is 20.2 Å². The maximum Gasteiger partial charge on any atom is 0.237 e. The van der Waals surface area contributed by atoms with Crippen LogP contribution < -0.4 is 5.32 Å². The number of anilines is 1. The molecular weight excluding hydrogens is 405 g/mol. The Labute approximate surface area is 171 Å². The van der Waals surface area contributed by atoms with Crippen LogP contribution in [-0.2, 0) is 4.79 Å². The number of nitrogens with one attached hydrogen (secondary N) is 1. The summed E-state index contributed by atoms with van der Waals surface area (Å²) in [5, 5.41) is 15.5. The van der Waals surface area contributed by atoms with Crippen LogP contribution >= 0.6 is 35.0 Å². The summed E-state index contributed by atoms with van der Waals surface area (Å²) in [6, 6.07) is 11.0. The Morgan fingerprint density at radius 3 is 2.70 bits per heavy atom. The molecule has 1 amide bonds. The van der Waals surface area contributed by atoms with Gasteiger partial charge in [0.15, 0.2) is 0 Å². The molecule has 1 N–H and O–H groups in total. The molecule has 3 rings (SSSR count). The molecule has 0 bridgehead atoms. The Morgan fingerprint density at radius 1 is 1.19 bits per heavy atom. The van der Waals surface area contributed by atoms with Crippen molar-refractivity contribution in [2.75, 3.05) is 5.32 Å². The Morgan fingerprint density at radius 2 is 1.93 bits per heavy atom. The molecule has 9 heteroatoms. The summed E-state index contributed by atoms with van der Waals surface area (Å²) in [5.74, 6) is -0.223. The summed E-state index contributed by atoms with van der Waals surface area (Å²) in [6.07, 6.45) is 0. The number of benzene rings is 2. The summed E-state index contributed by atoms with van der Waals surface area (Å²) in [5.41, 5.74) is 3.57. The minimum Gasteiger partial charge on any atom is -0.324 e. The van der Waals surface area contributed by atoms with Crippen LogP contribution in [-0.4, -0.2) is 31.4 Å². The first-order valence-electron chi connectivity index (χ1n) is 8.15. The third-order valence-electron chi connectivity index (χ3n) is 4.11. The van der Waals surface area contributed by atoms with E-state index in [0.29, 0.717) is 20.9 Å². The van der Waals surface area contributed by atoms with Crippen LogP contribution in [0, 0.1) is 13.8 Å². The van der Waals surface area contributed by atoms with E-state index in [9.17, 15) is 4.79 Å². The van der Waals surface area contributed by atoms with Crippen LogP contribution in [0.15, 0.2) is 41.6 Å². The number of amides is 1. The van der Waals surface area contributed by atoms with Crippen LogP contribution in [0.5, 0.6) is 0 Å². The lowest BCUT2D eigenvalue weighted by Gasteiger charge is -2.14. The van der Waals surface area contributed by atoms with Gasteiger partial charge in [-0.1, -0.05) is 53.2 Å². The predicted octanol–water partition coefficient (Wildman–Crippen LogP) is 4.71. The third-order valence-corrected chi connectivity index (χ3v) is 5.96. The fourth-order valence-electron chi connectivity index (χ4n) is 2.41. The van der Waals surface area contributed by atoms with Gasteiger partial charge < -0.3 is 5.32 Å². The largest absolute Gasteiger partial charge is 0.324 e. The average molecular weight is 422 g/mol. The molecule has 1 atom stereocenters. The standard InChI is InChI=1S/C18H17Cl2N5OS/c1-10-6-4-9-15(11(10)2)25-18(22-23-24-25)27-12(3)17(26)21-14-8-5-7-13(19)16(14)20/h4-9,12H,1-3H3,(H,21,26). The lowest BCUT2D eigenvalue weighted by atomic mass is 10.1. The zero-order chi connectivity index (χ0) is 19.6. The van der Waals surface area contributed by atoms with E-state index >= 15 is 0 Å². The molecular formula is C18H17Cl2N5OS. The Hall–Kier alpha value is -2.09. The van der Waals surface area contributed by atoms with Crippen molar-refractivity contribution < 1.29 is 4.79 Å². The molecule has 140 valence electrons. The van der Waals surface area contributed by atoms with E-state index in [1.807, 2.05) is 32.0 Å². The van der Waals surface area contributed by atoms with Gasteiger partial charge in [0, 0.05) is 0 Å². The fraction of sp³-hybridized carbons (Fsp3) is 0.222. The first-order valence-corrected chi connectivity index (χ1v) is 9.78. The number of hydrogen-bond donors (Lipinski definition) is 1. The number of rotatable bonds is 5. The van der Waals surface area contributed by atoms with Crippen molar-refractivity contribution in [3.05, 3.63) is 57.6 Å². The van der Waals surface area contributed by atoms with Crippen molar-refractivity contribution in [1.29, 1.82) is 0 Å². The molecule has 27 heavy (non-hydrogen) atoms. The van der Waals surface area contributed by atoms with Gasteiger partial charge in [0.05, 0.1) is 26.7 Å². The third kappa shape index (κ3) is 4.26. The topological polar surface area (TPSA) is 72.7 Å². The lowest BCUT2D eigenvalue weighted by molar-refractivity contribution is -0.115. The van der Waals surface area contributed by atoms with Crippen LogP contribution in [0.2, 0.25) is 10.0 Å². The maximum atomic E-state index is 12.6. The molecule has 1 aromatic heterocycles. The molecule has 1 heterocycles. The minimum absolute atomic E-state index is 0.223. The fourth-order valence-corrected chi connectivity index (χ4v) is 3.56. The van der Waals surface area contributed by atoms with E-state index < -0.39 is 5.25 Å². The van der Waals surface area contributed by atoms with Crippen molar-refractivity contribution in [3.63, 3.8) is 0 Å². The second-order valence-corrected chi connectivity index (χ2v) is 8.04. The van der Waals surface area contributed by atoms with Crippen molar-refractivity contribution in [2.24, 2.45) is 0 Å². The highest BCUT2D eigenvalue weighted by Crippen LogP contribution is 2.31. The van der Waals surface area contributed by atoms with E-state index in [-0.39, 0.29) is 5.91 Å². The molecule has 0 aliphatic heterocycles. The number of aromatic nitrogens is 4. The number of carbonyl (C=O) groups is 1. The lowest BCUT2D eigenvalue weighted by Crippen LogP contribution is -2.23. The van der Waals surface area contributed by atoms with E-state index in [1.54, 1.807) is 29.8 Å². The quantitative estimate of drug-likeness (QED) is 0.604. The number of carbonyl (C=O) groups excluding carboxylic acids is 1. The molecule has 2 aromatic carbocycles. The molecule has 6 nitrogen and oxygen atoms in total. The summed E-state index contributed by atoms with van der Waals surface area (Å²) in [4.78, 5) is 12.6. The van der Waals surface area contributed by atoms with E-state index in [2.05, 4.69) is 20.8 Å². The molecule has 0 aliphatic rings. The molecule has 0 radical (unpaired) electrons. The number of halogens is 2. The summed E-state index contributed by atoms with van der Waals surface area (Å²) < 4.78 is 1.64. The van der Waals surface area contributed by atoms with Gasteiger partial charge in [-0.2, -0.15) is 4.68 Å².